The Labute approximate surface area is 140 Å². The van der Waals surface area contributed by atoms with E-state index in [4.69, 9.17) is 11.6 Å². The Morgan fingerprint density at radius 1 is 0.913 bits per heavy atom. The van der Waals surface area contributed by atoms with E-state index in [9.17, 15) is 10.2 Å². The number of hydrogen-bond acceptors (Lipinski definition) is 2. The van der Waals surface area contributed by atoms with Crippen LogP contribution in [0.5, 0.6) is 11.5 Å². The largest absolute Gasteiger partial charge is 0.507 e. The number of phenolic OH excluding ortho intramolecular Hbond substituents is 2. The third-order valence-electron chi connectivity index (χ3n) is 4.00. The van der Waals surface area contributed by atoms with Crippen molar-refractivity contribution in [1.82, 2.24) is 4.57 Å². The normalized spacial score (nSPS) is 10.9. The van der Waals surface area contributed by atoms with E-state index in [2.05, 4.69) is 35.8 Å². The van der Waals surface area contributed by atoms with E-state index in [0.717, 1.165) is 11.4 Å². The highest BCUT2D eigenvalue weighted by atomic mass is 35.5. The van der Waals surface area contributed by atoms with Crippen molar-refractivity contribution < 1.29 is 10.2 Å². The predicted molar refractivity (Wildman–Crippen MR) is 93.2 cm³/mol. The van der Waals surface area contributed by atoms with Crippen LogP contribution >= 0.6 is 11.6 Å². The molecule has 2 N–H and O–H groups in total. The number of rotatable bonds is 3. The fourth-order valence-electron chi connectivity index (χ4n) is 2.65. The van der Waals surface area contributed by atoms with Gasteiger partial charge in [-0.3, -0.25) is 0 Å². The zero-order valence-corrected chi connectivity index (χ0v) is 13.8. The number of benzene rings is 2. The average molecular weight is 328 g/mol. The van der Waals surface area contributed by atoms with Gasteiger partial charge >= 0.3 is 0 Å². The molecule has 118 valence electrons. The highest BCUT2D eigenvalue weighted by molar-refractivity contribution is 6.32. The Kier molecular flexibility index (Phi) is 4.05. The molecule has 2 aromatic carbocycles. The second-order valence-electron chi connectivity index (χ2n) is 5.75. The lowest BCUT2D eigenvalue weighted by Gasteiger charge is -2.14. The molecule has 3 nitrogen and oxygen atoms in total. The molecule has 23 heavy (non-hydrogen) atoms. The zero-order valence-electron chi connectivity index (χ0n) is 13.0. The van der Waals surface area contributed by atoms with E-state index < -0.39 is 0 Å². The van der Waals surface area contributed by atoms with Crippen LogP contribution in [0.1, 0.15) is 16.8 Å². The summed E-state index contributed by atoms with van der Waals surface area (Å²) in [5.74, 6) is -0.114. The molecule has 1 heterocycles. The Morgan fingerprint density at radius 3 is 2.30 bits per heavy atom. The molecular formula is C19H18ClNO2. The fourth-order valence-corrected chi connectivity index (χ4v) is 2.81. The third-order valence-corrected chi connectivity index (χ3v) is 4.30. The van der Waals surface area contributed by atoms with E-state index in [1.807, 2.05) is 19.1 Å². The maximum Gasteiger partial charge on any atom is 0.137 e. The van der Waals surface area contributed by atoms with Crippen LogP contribution in [0.4, 0.5) is 0 Å². The molecule has 0 fully saturated rings. The summed E-state index contributed by atoms with van der Waals surface area (Å²) >= 11 is 6.00. The van der Waals surface area contributed by atoms with Gasteiger partial charge in [0, 0.05) is 23.9 Å². The van der Waals surface area contributed by atoms with Gasteiger partial charge in [-0.1, -0.05) is 41.4 Å². The minimum absolute atomic E-state index is 0.00940. The van der Waals surface area contributed by atoms with Gasteiger partial charge in [0.2, 0.25) is 0 Å². The molecule has 1 aromatic heterocycles. The number of phenols is 2. The van der Waals surface area contributed by atoms with Crippen molar-refractivity contribution in [2.75, 3.05) is 0 Å². The Morgan fingerprint density at radius 2 is 1.61 bits per heavy atom. The van der Waals surface area contributed by atoms with Crippen LogP contribution in [-0.2, 0) is 6.54 Å². The van der Waals surface area contributed by atoms with E-state index in [1.54, 1.807) is 6.07 Å². The molecule has 0 aliphatic heterocycles. The van der Waals surface area contributed by atoms with Crippen LogP contribution < -0.4 is 0 Å². The molecule has 0 unspecified atom stereocenters. The number of aromatic hydroxyl groups is 2. The lowest BCUT2D eigenvalue weighted by molar-refractivity contribution is 0.451. The summed E-state index contributed by atoms with van der Waals surface area (Å²) in [4.78, 5) is 0. The molecule has 0 bridgehead atoms. The van der Waals surface area contributed by atoms with Crippen molar-refractivity contribution in [3.63, 3.8) is 0 Å². The number of nitrogens with zero attached hydrogens (tertiary/aromatic N) is 1. The average Bonchev–Trinajstić information content (AvgIpc) is 2.86. The molecule has 0 aliphatic carbocycles. The number of halogens is 1. The quantitative estimate of drug-likeness (QED) is 0.719. The maximum atomic E-state index is 10.2. The lowest BCUT2D eigenvalue weighted by Crippen LogP contribution is -2.03. The molecule has 0 aliphatic rings. The summed E-state index contributed by atoms with van der Waals surface area (Å²) in [5, 5.41) is 20.0. The summed E-state index contributed by atoms with van der Waals surface area (Å²) in [6.07, 6.45) is 0. The Balaban J connectivity index is 2.05. The fraction of sp³-hybridized carbons (Fsp3) is 0.158. The highest BCUT2D eigenvalue weighted by Gasteiger charge is 2.14. The van der Waals surface area contributed by atoms with Crippen LogP contribution in [0.25, 0.3) is 11.3 Å². The van der Waals surface area contributed by atoms with Crippen LogP contribution in [0, 0.1) is 13.8 Å². The molecule has 3 rings (SSSR count). The lowest BCUT2D eigenvalue weighted by atomic mass is 10.1. The molecule has 0 spiro atoms. The van der Waals surface area contributed by atoms with Gasteiger partial charge in [0.1, 0.15) is 11.5 Å². The van der Waals surface area contributed by atoms with Gasteiger partial charge in [0.05, 0.1) is 10.7 Å². The Bertz CT molecular complexity index is 851. The molecule has 0 amide bonds. The van der Waals surface area contributed by atoms with Crippen molar-refractivity contribution in [2.24, 2.45) is 0 Å². The second-order valence-corrected chi connectivity index (χ2v) is 6.16. The van der Waals surface area contributed by atoms with Crippen molar-refractivity contribution in [2.45, 2.75) is 20.4 Å². The second kappa shape index (κ2) is 6.01. The van der Waals surface area contributed by atoms with Crippen molar-refractivity contribution in [3.8, 4) is 22.8 Å². The number of aryl methyl sites for hydroxylation is 2. The van der Waals surface area contributed by atoms with Crippen molar-refractivity contribution in [1.29, 1.82) is 0 Å². The smallest absolute Gasteiger partial charge is 0.137 e. The Hall–Kier alpha value is -2.39. The first kappa shape index (κ1) is 15.5. The number of hydrogen-bond donors (Lipinski definition) is 2. The minimum atomic E-state index is -0.124. The maximum absolute atomic E-state index is 10.2. The van der Waals surface area contributed by atoms with E-state index in [0.29, 0.717) is 12.1 Å². The van der Waals surface area contributed by atoms with Crippen LogP contribution in [-0.4, -0.2) is 14.8 Å². The number of aromatic nitrogens is 1. The standard InChI is InChI=1S/C19H18ClNO2/c1-12-3-6-14(7-4-12)11-21-13(2)5-8-17(21)15-9-16(20)19(23)10-18(15)22/h3-10,22-23H,11H2,1-2H3. The predicted octanol–water partition coefficient (Wildman–Crippen LogP) is 4.88. The first-order valence-electron chi connectivity index (χ1n) is 7.39. The summed E-state index contributed by atoms with van der Waals surface area (Å²) in [5.41, 5.74) is 4.96. The summed E-state index contributed by atoms with van der Waals surface area (Å²) in [6.45, 7) is 4.79. The molecule has 0 radical (unpaired) electrons. The summed E-state index contributed by atoms with van der Waals surface area (Å²) < 4.78 is 2.12. The van der Waals surface area contributed by atoms with Gasteiger partial charge in [0.25, 0.3) is 0 Å². The van der Waals surface area contributed by atoms with E-state index >= 15 is 0 Å². The van der Waals surface area contributed by atoms with Gasteiger partial charge in [0.15, 0.2) is 0 Å². The minimum Gasteiger partial charge on any atom is -0.507 e. The summed E-state index contributed by atoms with van der Waals surface area (Å²) in [7, 11) is 0. The molecule has 3 aromatic rings. The van der Waals surface area contributed by atoms with Crippen LogP contribution in [0.3, 0.4) is 0 Å². The molecule has 0 saturated heterocycles. The monoisotopic (exact) mass is 327 g/mol. The van der Waals surface area contributed by atoms with E-state index in [1.165, 1.54) is 17.2 Å². The molecular weight excluding hydrogens is 310 g/mol. The third kappa shape index (κ3) is 3.06. The van der Waals surface area contributed by atoms with E-state index in [-0.39, 0.29) is 16.5 Å². The zero-order chi connectivity index (χ0) is 16.6. The van der Waals surface area contributed by atoms with Gasteiger partial charge in [-0.25, -0.2) is 0 Å². The molecule has 0 atom stereocenters. The van der Waals surface area contributed by atoms with Crippen molar-refractivity contribution in [3.05, 3.63) is 70.4 Å². The SMILES string of the molecule is Cc1ccc(Cn2c(C)ccc2-c2cc(Cl)c(O)cc2O)cc1. The first-order valence-corrected chi connectivity index (χ1v) is 7.77. The summed E-state index contributed by atoms with van der Waals surface area (Å²) in [6, 6.07) is 15.2. The van der Waals surface area contributed by atoms with Crippen LogP contribution in [0.2, 0.25) is 5.02 Å². The molecule has 4 heteroatoms. The first-order chi connectivity index (χ1) is 11.0. The van der Waals surface area contributed by atoms with Crippen LogP contribution in [0.15, 0.2) is 48.5 Å². The molecule has 0 saturated carbocycles. The van der Waals surface area contributed by atoms with Gasteiger partial charge < -0.3 is 14.8 Å². The highest BCUT2D eigenvalue weighted by Crippen LogP contribution is 2.38. The van der Waals surface area contributed by atoms with Gasteiger partial charge in [-0.05, 0) is 37.6 Å². The van der Waals surface area contributed by atoms with Crippen molar-refractivity contribution >= 4 is 11.6 Å². The topological polar surface area (TPSA) is 45.4 Å². The van der Waals surface area contributed by atoms with Gasteiger partial charge in [-0.15, -0.1) is 0 Å². The van der Waals surface area contributed by atoms with Gasteiger partial charge in [-0.2, -0.15) is 0 Å².